The predicted octanol–water partition coefficient (Wildman–Crippen LogP) is 4.04. The Morgan fingerprint density at radius 1 is 1.11 bits per heavy atom. The van der Waals surface area contributed by atoms with Gasteiger partial charge in [0, 0.05) is 11.8 Å². The zero-order valence-corrected chi connectivity index (χ0v) is 13.1. The molecule has 1 fully saturated rings. The molecule has 98 valence electrons. The lowest BCUT2D eigenvalue weighted by Crippen LogP contribution is -2.25. The van der Waals surface area contributed by atoms with E-state index in [1.165, 1.54) is 11.1 Å². The summed E-state index contributed by atoms with van der Waals surface area (Å²) in [6.45, 7) is 4.32. The van der Waals surface area contributed by atoms with E-state index < -0.39 is 0 Å². The van der Waals surface area contributed by atoms with E-state index in [2.05, 4.69) is 50.6 Å². The Morgan fingerprint density at radius 3 is 2.11 bits per heavy atom. The molecule has 1 unspecified atom stereocenters. The largest absolute Gasteiger partial charge is 0.297 e. The number of benzene rings is 1. The number of carbonyl (C=O) groups is 1. The Kier molecular flexibility index (Phi) is 3.84. The second-order valence-electron chi connectivity index (χ2n) is 5.36. The van der Waals surface area contributed by atoms with Crippen LogP contribution in [0, 0.1) is 6.92 Å². The molecule has 1 aliphatic carbocycles. The Balaban J connectivity index is 2.35. The van der Waals surface area contributed by atoms with Crippen molar-refractivity contribution in [3.8, 4) is 0 Å². The van der Waals surface area contributed by atoms with Crippen LogP contribution < -0.4 is 0 Å². The van der Waals surface area contributed by atoms with Gasteiger partial charge < -0.3 is 0 Å². The Hall–Kier alpha value is -0.410. The number of carbonyl (C=O) groups excluding carboxylic acids is 1. The van der Waals surface area contributed by atoms with Crippen LogP contribution in [0.5, 0.6) is 0 Å². The first-order valence-corrected chi connectivity index (χ1v) is 8.61. The summed E-state index contributed by atoms with van der Waals surface area (Å²) in [6, 6.07) is 8.64. The normalized spacial score (nSPS) is 26.6. The van der Waals surface area contributed by atoms with Gasteiger partial charge in [-0.15, -0.1) is 23.5 Å². The van der Waals surface area contributed by atoms with E-state index in [0.29, 0.717) is 12.2 Å². The molecule has 0 spiro atoms. The summed E-state index contributed by atoms with van der Waals surface area (Å²) in [4.78, 5) is 12.4. The number of aryl methyl sites for hydroxylation is 1. The third kappa shape index (κ3) is 2.23. The number of thioether (sulfide) groups is 2. The molecule has 1 aromatic carbocycles. The zero-order chi connectivity index (χ0) is 13.4. The highest BCUT2D eigenvalue weighted by Crippen LogP contribution is 2.53. The predicted molar refractivity (Wildman–Crippen MR) is 82.5 cm³/mol. The molecule has 18 heavy (non-hydrogen) atoms. The fraction of sp³-hybridized carbons (Fsp3) is 0.533. The van der Waals surface area contributed by atoms with E-state index in [1.807, 2.05) is 0 Å². The van der Waals surface area contributed by atoms with Crippen LogP contribution in [-0.4, -0.2) is 22.4 Å². The standard InChI is InChI=1S/C15H20OS2/c1-11-5-7-12(8-6-11)14(2)9-13(16)15(10-14,17-3)18-4/h5-8H,9-10H2,1-4H3. The molecule has 3 heteroatoms. The van der Waals surface area contributed by atoms with Gasteiger partial charge in [-0.2, -0.15) is 0 Å². The van der Waals surface area contributed by atoms with Gasteiger partial charge in [0.05, 0.1) is 0 Å². The molecule has 2 rings (SSSR count). The van der Waals surface area contributed by atoms with Crippen molar-refractivity contribution in [2.24, 2.45) is 0 Å². The summed E-state index contributed by atoms with van der Waals surface area (Å²) in [5.41, 5.74) is 2.57. The van der Waals surface area contributed by atoms with Crippen LogP contribution in [0.1, 0.15) is 30.9 Å². The fourth-order valence-corrected chi connectivity index (χ4v) is 4.97. The van der Waals surface area contributed by atoms with Crippen molar-refractivity contribution in [2.75, 3.05) is 12.5 Å². The van der Waals surface area contributed by atoms with Crippen molar-refractivity contribution in [1.82, 2.24) is 0 Å². The SMILES string of the molecule is CSC1(SC)CC(C)(c2ccc(C)cc2)CC1=O. The molecule has 0 N–H and O–H groups in total. The van der Waals surface area contributed by atoms with Crippen molar-refractivity contribution in [2.45, 2.75) is 36.2 Å². The zero-order valence-electron chi connectivity index (χ0n) is 11.4. The van der Waals surface area contributed by atoms with Gasteiger partial charge in [0.1, 0.15) is 4.08 Å². The maximum Gasteiger partial charge on any atom is 0.159 e. The van der Waals surface area contributed by atoms with E-state index in [4.69, 9.17) is 0 Å². The summed E-state index contributed by atoms with van der Waals surface area (Å²) >= 11 is 3.40. The minimum Gasteiger partial charge on any atom is -0.297 e. The highest BCUT2D eigenvalue weighted by molar-refractivity contribution is 8.18. The molecule has 1 saturated carbocycles. The van der Waals surface area contributed by atoms with E-state index in [-0.39, 0.29) is 9.49 Å². The van der Waals surface area contributed by atoms with Crippen molar-refractivity contribution >= 4 is 29.3 Å². The second kappa shape index (κ2) is 4.93. The van der Waals surface area contributed by atoms with E-state index in [0.717, 1.165) is 6.42 Å². The Labute approximate surface area is 118 Å². The first kappa shape index (κ1) is 14.0. The van der Waals surface area contributed by atoms with Crippen LogP contribution in [0.25, 0.3) is 0 Å². The van der Waals surface area contributed by atoms with E-state index in [1.54, 1.807) is 23.5 Å². The van der Waals surface area contributed by atoms with Gasteiger partial charge in [-0.25, -0.2) is 0 Å². The number of hydrogen-bond donors (Lipinski definition) is 0. The highest BCUT2D eigenvalue weighted by Gasteiger charge is 2.52. The monoisotopic (exact) mass is 280 g/mol. The third-order valence-electron chi connectivity index (χ3n) is 4.01. The summed E-state index contributed by atoms with van der Waals surface area (Å²) in [6.07, 6.45) is 5.70. The average Bonchev–Trinajstić information content (AvgIpc) is 2.63. The van der Waals surface area contributed by atoms with E-state index >= 15 is 0 Å². The number of Topliss-reactive ketones (excluding diaryl/α,β-unsaturated/α-hetero) is 1. The van der Waals surface area contributed by atoms with E-state index in [9.17, 15) is 4.79 Å². The second-order valence-corrected chi connectivity index (χ2v) is 7.83. The molecule has 0 saturated heterocycles. The molecular weight excluding hydrogens is 260 g/mol. The topological polar surface area (TPSA) is 17.1 Å². The number of ketones is 1. The van der Waals surface area contributed by atoms with Crippen LogP contribution in [0.15, 0.2) is 24.3 Å². The first-order valence-electron chi connectivity index (χ1n) is 6.16. The maximum absolute atomic E-state index is 12.4. The average molecular weight is 280 g/mol. The Bertz CT molecular complexity index is 448. The van der Waals surface area contributed by atoms with Gasteiger partial charge in [-0.05, 0) is 31.4 Å². The van der Waals surface area contributed by atoms with Crippen LogP contribution in [0.3, 0.4) is 0 Å². The van der Waals surface area contributed by atoms with Gasteiger partial charge in [-0.1, -0.05) is 36.8 Å². The fourth-order valence-electron chi connectivity index (χ4n) is 2.78. The van der Waals surface area contributed by atoms with Crippen molar-refractivity contribution in [3.63, 3.8) is 0 Å². The van der Waals surface area contributed by atoms with Gasteiger partial charge in [0.2, 0.25) is 0 Å². The molecule has 0 aromatic heterocycles. The van der Waals surface area contributed by atoms with Crippen molar-refractivity contribution < 1.29 is 4.79 Å². The first-order chi connectivity index (χ1) is 8.46. The Morgan fingerprint density at radius 2 is 1.67 bits per heavy atom. The van der Waals surface area contributed by atoms with Gasteiger partial charge >= 0.3 is 0 Å². The van der Waals surface area contributed by atoms with Crippen LogP contribution >= 0.6 is 23.5 Å². The maximum atomic E-state index is 12.4. The smallest absolute Gasteiger partial charge is 0.159 e. The molecule has 1 atom stereocenters. The van der Waals surface area contributed by atoms with Gasteiger partial charge in [0.25, 0.3) is 0 Å². The number of hydrogen-bond acceptors (Lipinski definition) is 3. The van der Waals surface area contributed by atoms with Gasteiger partial charge in [-0.3, -0.25) is 4.79 Å². The summed E-state index contributed by atoms with van der Waals surface area (Å²) in [7, 11) is 0. The summed E-state index contributed by atoms with van der Waals surface area (Å²) in [5, 5.41) is 0. The molecule has 0 heterocycles. The van der Waals surface area contributed by atoms with Crippen LogP contribution in [-0.2, 0) is 10.2 Å². The summed E-state index contributed by atoms with van der Waals surface area (Å²) in [5.74, 6) is 0.394. The quantitative estimate of drug-likeness (QED) is 0.778. The number of rotatable bonds is 3. The summed E-state index contributed by atoms with van der Waals surface area (Å²) < 4.78 is -0.236. The lowest BCUT2D eigenvalue weighted by atomic mass is 9.81. The molecular formula is C15H20OS2. The molecule has 1 aliphatic rings. The molecule has 1 nitrogen and oxygen atoms in total. The van der Waals surface area contributed by atoms with Crippen LogP contribution in [0.2, 0.25) is 0 Å². The minimum absolute atomic E-state index is 0.00317. The molecule has 0 radical (unpaired) electrons. The van der Waals surface area contributed by atoms with Gasteiger partial charge in [0.15, 0.2) is 5.78 Å². The third-order valence-corrected chi connectivity index (χ3v) is 7.07. The molecule has 0 aliphatic heterocycles. The van der Waals surface area contributed by atoms with Crippen LogP contribution in [0.4, 0.5) is 0 Å². The lowest BCUT2D eigenvalue weighted by molar-refractivity contribution is -0.117. The highest BCUT2D eigenvalue weighted by atomic mass is 32.2. The molecule has 0 bridgehead atoms. The molecule has 0 amide bonds. The van der Waals surface area contributed by atoms with Crippen molar-refractivity contribution in [3.05, 3.63) is 35.4 Å². The minimum atomic E-state index is -0.236. The lowest BCUT2D eigenvalue weighted by Gasteiger charge is -2.28. The van der Waals surface area contributed by atoms with Crippen molar-refractivity contribution in [1.29, 1.82) is 0 Å². The molecule has 1 aromatic rings.